The number of hydrogen-bond donors (Lipinski definition) is 0. The number of ketones is 1. The molecule has 0 amide bonds. The minimum absolute atomic E-state index is 0.0210. The monoisotopic (exact) mass is 275 g/mol. The molecule has 0 aliphatic rings. The first-order valence-corrected chi connectivity index (χ1v) is 5.80. The molecule has 92 valence electrons. The number of esters is 1. The molecule has 0 bridgehead atoms. The van der Waals surface area contributed by atoms with E-state index in [9.17, 15) is 9.59 Å². The van der Waals surface area contributed by atoms with Crippen molar-refractivity contribution in [1.82, 2.24) is 4.98 Å². The molecule has 0 saturated heterocycles. The summed E-state index contributed by atoms with van der Waals surface area (Å²) in [5, 5.41) is 0.545. The molecule has 0 spiro atoms. The Morgan fingerprint density at radius 3 is 2.65 bits per heavy atom. The third-order valence-electron chi connectivity index (χ3n) is 1.93. The largest absolute Gasteiger partial charge is 0.466 e. The van der Waals surface area contributed by atoms with Crippen molar-refractivity contribution in [2.24, 2.45) is 0 Å². The number of halogens is 2. The second kappa shape index (κ2) is 6.57. The van der Waals surface area contributed by atoms with Gasteiger partial charge in [-0.25, -0.2) is 0 Å². The Morgan fingerprint density at radius 1 is 1.35 bits per heavy atom. The molecule has 6 heteroatoms. The van der Waals surface area contributed by atoms with Crippen molar-refractivity contribution < 1.29 is 14.3 Å². The molecule has 1 aromatic rings. The molecule has 1 rings (SSSR count). The van der Waals surface area contributed by atoms with Crippen LogP contribution >= 0.6 is 23.2 Å². The number of hydrogen-bond acceptors (Lipinski definition) is 4. The Kier molecular flexibility index (Phi) is 5.38. The van der Waals surface area contributed by atoms with Crippen LogP contribution in [0.15, 0.2) is 12.3 Å². The topological polar surface area (TPSA) is 56.3 Å². The predicted octanol–water partition coefficient (Wildman–Crippen LogP) is 2.91. The molecule has 0 saturated carbocycles. The van der Waals surface area contributed by atoms with Gasteiger partial charge in [-0.2, -0.15) is 0 Å². The first-order chi connectivity index (χ1) is 8.04. The minimum Gasteiger partial charge on any atom is -0.466 e. The third-order valence-corrected chi connectivity index (χ3v) is 2.43. The van der Waals surface area contributed by atoms with Crippen LogP contribution < -0.4 is 0 Å². The van der Waals surface area contributed by atoms with Crippen LogP contribution in [0.1, 0.15) is 30.3 Å². The van der Waals surface area contributed by atoms with Crippen LogP contribution in [0.4, 0.5) is 0 Å². The minimum atomic E-state index is -0.411. The van der Waals surface area contributed by atoms with Gasteiger partial charge in [-0.3, -0.25) is 14.6 Å². The Hall–Kier alpha value is -1.13. The summed E-state index contributed by atoms with van der Waals surface area (Å²) in [6.07, 6.45) is 1.38. The van der Waals surface area contributed by atoms with E-state index in [0.717, 1.165) is 0 Å². The van der Waals surface area contributed by atoms with Crippen LogP contribution in [0.25, 0.3) is 0 Å². The highest BCUT2D eigenvalue weighted by atomic mass is 35.5. The van der Waals surface area contributed by atoms with Gasteiger partial charge in [-0.1, -0.05) is 23.2 Å². The van der Waals surface area contributed by atoms with Gasteiger partial charge in [0.25, 0.3) is 0 Å². The van der Waals surface area contributed by atoms with Crippen molar-refractivity contribution in [2.45, 2.75) is 19.8 Å². The maximum absolute atomic E-state index is 11.7. The SMILES string of the molecule is CCOC(=O)CCC(=O)c1ncc(Cl)cc1Cl. The van der Waals surface area contributed by atoms with Crippen LogP contribution in [-0.2, 0) is 9.53 Å². The van der Waals surface area contributed by atoms with Crippen molar-refractivity contribution in [1.29, 1.82) is 0 Å². The highest BCUT2D eigenvalue weighted by Crippen LogP contribution is 2.20. The molecule has 0 unspecified atom stereocenters. The Balaban J connectivity index is 2.61. The van der Waals surface area contributed by atoms with Crippen molar-refractivity contribution in [3.63, 3.8) is 0 Å². The summed E-state index contributed by atoms with van der Waals surface area (Å²) in [4.78, 5) is 26.6. The summed E-state index contributed by atoms with van der Waals surface area (Å²) in [7, 11) is 0. The number of carbonyl (C=O) groups excluding carboxylic acids is 2. The first-order valence-electron chi connectivity index (χ1n) is 5.04. The van der Waals surface area contributed by atoms with Gasteiger partial charge in [-0.05, 0) is 13.0 Å². The van der Waals surface area contributed by atoms with Gasteiger partial charge in [0.1, 0.15) is 5.69 Å². The molecule has 1 heterocycles. The molecule has 17 heavy (non-hydrogen) atoms. The van der Waals surface area contributed by atoms with Gasteiger partial charge in [0.05, 0.1) is 23.1 Å². The van der Waals surface area contributed by atoms with Gasteiger partial charge in [0, 0.05) is 12.6 Å². The van der Waals surface area contributed by atoms with Crippen molar-refractivity contribution >= 4 is 35.0 Å². The lowest BCUT2D eigenvalue weighted by Crippen LogP contribution is -2.09. The fourth-order valence-corrected chi connectivity index (χ4v) is 1.67. The van der Waals surface area contributed by atoms with Crippen molar-refractivity contribution in [2.75, 3.05) is 6.61 Å². The van der Waals surface area contributed by atoms with Crippen LogP contribution in [-0.4, -0.2) is 23.3 Å². The van der Waals surface area contributed by atoms with Gasteiger partial charge < -0.3 is 4.74 Å². The molecular weight excluding hydrogens is 265 g/mol. The Bertz CT molecular complexity index is 435. The van der Waals surface area contributed by atoms with Gasteiger partial charge >= 0.3 is 5.97 Å². The van der Waals surface area contributed by atoms with Crippen LogP contribution in [0.5, 0.6) is 0 Å². The fraction of sp³-hybridized carbons (Fsp3) is 0.364. The third kappa shape index (κ3) is 4.32. The van der Waals surface area contributed by atoms with E-state index in [1.54, 1.807) is 6.92 Å². The highest BCUT2D eigenvalue weighted by molar-refractivity contribution is 6.36. The molecule has 0 aliphatic carbocycles. The summed E-state index contributed by atoms with van der Waals surface area (Å²) < 4.78 is 4.71. The van der Waals surface area contributed by atoms with E-state index in [-0.39, 0.29) is 29.3 Å². The number of Topliss-reactive ketones (excluding diaryl/α,β-unsaturated/α-hetero) is 1. The molecular formula is C11H11Cl2NO3. The predicted molar refractivity (Wildman–Crippen MR) is 64.5 cm³/mol. The average Bonchev–Trinajstić information content (AvgIpc) is 2.26. The molecule has 0 aromatic carbocycles. The smallest absolute Gasteiger partial charge is 0.306 e. The van der Waals surface area contributed by atoms with E-state index >= 15 is 0 Å². The van der Waals surface area contributed by atoms with Crippen molar-refractivity contribution in [3.05, 3.63) is 28.0 Å². The van der Waals surface area contributed by atoms with Crippen LogP contribution in [0, 0.1) is 0 Å². The maximum Gasteiger partial charge on any atom is 0.306 e. The summed E-state index contributed by atoms with van der Waals surface area (Å²) in [5.74, 6) is -0.717. The first kappa shape index (κ1) is 13.9. The highest BCUT2D eigenvalue weighted by Gasteiger charge is 2.14. The zero-order valence-electron chi connectivity index (χ0n) is 9.20. The number of ether oxygens (including phenoxy) is 1. The zero-order valence-corrected chi connectivity index (χ0v) is 10.7. The van der Waals surface area contributed by atoms with E-state index < -0.39 is 5.97 Å². The van der Waals surface area contributed by atoms with Crippen LogP contribution in [0.3, 0.4) is 0 Å². The van der Waals surface area contributed by atoms with Crippen molar-refractivity contribution in [3.8, 4) is 0 Å². The fourth-order valence-electron chi connectivity index (χ4n) is 1.19. The molecule has 1 aromatic heterocycles. The quantitative estimate of drug-likeness (QED) is 0.613. The molecule has 0 radical (unpaired) electrons. The standard InChI is InChI=1S/C11H11Cl2NO3/c1-2-17-10(16)4-3-9(15)11-8(13)5-7(12)6-14-11/h5-6H,2-4H2,1H3. The van der Waals surface area contributed by atoms with E-state index in [1.165, 1.54) is 12.3 Å². The molecule has 0 N–H and O–H groups in total. The molecule has 0 atom stereocenters. The summed E-state index contributed by atoms with van der Waals surface area (Å²) in [5.41, 5.74) is 0.125. The van der Waals surface area contributed by atoms with Gasteiger partial charge in [0.2, 0.25) is 0 Å². The number of pyridine rings is 1. The lowest BCUT2D eigenvalue weighted by Gasteiger charge is -2.03. The number of rotatable bonds is 5. The molecule has 0 fully saturated rings. The number of aromatic nitrogens is 1. The second-order valence-corrected chi connectivity index (χ2v) is 4.06. The summed E-state index contributed by atoms with van der Waals surface area (Å²) in [6, 6.07) is 1.44. The van der Waals surface area contributed by atoms with E-state index in [1.807, 2.05) is 0 Å². The molecule has 4 nitrogen and oxygen atoms in total. The zero-order chi connectivity index (χ0) is 12.8. The Labute approximate surface area is 109 Å². The maximum atomic E-state index is 11.7. The number of nitrogens with zero attached hydrogens (tertiary/aromatic N) is 1. The van der Waals surface area contributed by atoms with Gasteiger partial charge in [-0.15, -0.1) is 0 Å². The average molecular weight is 276 g/mol. The normalized spacial score (nSPS) is 10.1. The summed E-state index contributed by atoms with van der Waals surface area (Å²) in [6.45, 7) is 2.00. The lowest BCUT2D eigenvalue weighted by atomic mass is 10.1. The van der Waals surface area contributed by atoms with E-state index in [0.29, 0.717) is 11.6 Å². The van der Waals surface area contributed by atoms with E-state index in [2.05, 4.69) is 4.98 Å². The van der Waals surface area contributed by atoms with Crippen LogP contribution in [0.2, 0.25) is 10.0 Å². The second-order valence-electron chi connectivity index (χ2n) is 3.21. The lowest BCUT2D eigenvalue weighted by molar-refractivity contribution is -0.143. The van der Waals surface area contributed by atoms with Gasteiger partial charge in [0.15, 0.2) is 5.78 Å². The van der Waals surface area contributed by atoms with E-state index in [4.69, 9.17) is 27.9 Å². The Morgan fingerprint density at radius 2 is 2.06 bits per heavy atom. The number of carbonyl (C=O) groups is 2. The molecule has 0 aliphatic heterocycles. The summed E-state index contributed by atoms with van der Waals surface area (Å²) >= 11 is 11.5.